The molecule has 122 valence electrons. The lowest BCUT2D eigenvalue weighted by atomic mass is 10.1. The smallest absolute Gasteiger partial charge is 0.247 e. The summed E-state index contributed by atoms with van der Waals surface area (Å²) < 4.78 is 32.5. The predicted molar refractivity (Wildman–Crippen MR) is 83.5 cm³/mol. The first-order valence-corrected chi connectivity index (χ1v) is 8.62. The van der Waals surface area contributed by atoms with Crippen LogP contribution in [0.5, 0.6) is 5.75 Å². The molecule has 1 aliphatic heterocycles. The second kappa shape index (κ2) is 6.26. The van der Waals surface area contributed by atoms with Gasteiger partial charge in [0.1, 0.15) is 10.6 Å². The Hall–Kier alpha value is -1.60. The zero-order chi connectivity index (χ0) is 16.5. The number of methoxy groups -OCH3 is 1. The first-order chi connectivity index (χ1) is 10.3. The predicted octanol–water partition coefficient (Wildman–Crippen LogP) is 1.16. The van der Waals surface area contributed by atoms with Crippen LogP contribution in [0.1, 0.15) is 18.1 Å². The minimum absolute atomic E-state index is 0.0267. The Labute approximate surface area is 131 Å². The number of hydrogen-bond donors (Lipinski definition) is 0. The van der Waals surface area contributed by atoms with Crippen LogP contribution in [0.2, 0.25) is 0 Å². The standard InChI is InChI=1S/C15H22N2O4S/c1-11-9-12(2)15(14(10-11)21-4)22(19,20)17-7-5-16(6-8-17)13(3)18/h9-10H,5-8H2,1-4H3. The SMILES string of the molecule is COc1cc(C)cc(C)c1S(=O)(=O)N1CCN(C(C)=O)CC1. The van der Waals surface area contributed by atoms with Crippen molar-refractivity contribution in [3.63, 3.8) is 0 Å². The number of nitrogens with zero attached hydrogens (tertiary/aromatic N) is 2. The molecular formula is C15H22N2O4S. The number of sulfonamides is 1. The van der Waals surface area contributed by atoms with Gasteiger partial charge in [0.15, 0.2) is 0 Å². The van der Waals surface area contributed by atoms with Gasteiger partial charge in [-0.1, -0.05) is 6.07 Å². The highest BCUT2D eigenvalue weighted by atomic mass is 32.2. The third-order valence-corrected chi connectivity index (χ3v) is 5.97. The minimum Gasteiger partial charge on any atom is -0.495 e. The van der Waals surface area contributed by atoms with Crippen LogP contribution in [0.3, 0.4) is 0 Å². The van der Waals surface area contributed by atoms with Crippen LogP contribution in [0.4, 0.5) is 0 Å². The first kappa shape index (κ1) is 16.8. The molecule has 1 heterocycles. The summed E-state index contributed by atoms with van der Waals surface area (Å²) in [7, 11) is -2.16. The van der Waals surface area contributed by atoms with Crippen LogP contribution in [0, 0.1) is 13.8 Å². The Balaban J connectivity index is 2.34. The molecular weight excluding hydrogens is 304 g/mol. The average Bonchev–Trinajstić information content (AvgIpc) is 2.45. The van der Waals surface area contributed by atoms with E-state index in [-0.39, 0.29) is 10.8 Å². The van der Waals surface area contributed by atoms with E-state index in [1.165, 1.54) is 18.3 Å². The number of benzene rings is 1. The van der Waals surface area contributed by atoms with E-state index in [9.17, 15) is 13.2 Å². The van der Waals surface area contributed by atoms with Gasteiger partial charge in [0.25, 0.3) is 0 Å². The lowest BCUT2D eigenvalue weighted by Crippen LogP contribution is -2.50. The number of carbonyl (C=O) groups excluding carboxylic acids is 1. The monoisotopic (exact) mass is 326 g/mol. The van der Waals surface area contributed by atoms with Gasteiger partial charge in [-0.15, -0.1) is 0 Å². The van der Waals surface area contributed by atoms with Crippen LogP contribution in [0.15, 0.2) is 17.0 Å². The molecule has 0 spiro atoms. The number of piperazine rings is 1. The van der Waals surface area contributed by atoms with E-state index < -0.39 is 10.0 Å². The highest BCUT2D eigenvalue weighted by molar-refractivity contribution is 7.89. The van der Waals surface area contributed by atoms with Crippen molar-refractivity contribution in [2.45, 2.75) is 25.7 Å². The van der Waals surface area contributed by atoms with Crippen molar-refractivity contribution in [1.82, 2.24) is 9.21 Å². The van der Waals surface area contributed by atoms with Gasteiger partial charge >= 0.3 is 0 Å². The summed E-state index contributed by atoms with van der Waals surface area (Å²) in [5.74, 6) is 0.340. The van der Waals surface area contributed by atoms with Crippen molar-refractivity contribution in [1.29, 1.82) is 0 Å². The maximum Gasteiger partial charge on any atom is 0.247 e. The molecule has 1 fully saturated rings. The lowest BCUT2D eigenvalue weighted by molar-refractivity contribution is -0.129. The molecule has 0 aromatic heterocycles. The van der Waals surface area contributed by atoms with Crippen molar-refractivity contribution in [3.05, 3.63) is 23.3 Å². The molecule has 0 atom stereocenters. The molecule has 1 aromatic rings. The molecule has 0 unspecified atom stereocenters. The number of hydrogen-bond acceptors (Lipinski definition) is 4. The number of rotatable bonds is 3. The van der Waals surface area contributed by atoms with E-state index in [0.717, 1.165) is 5.56 Å². The summed E-state index contributed by atoms with van der Waals surface area (Å²) in [6.07, 6.45) is 0. The molecule has 0 N–H and O–H groups in total. The Kier molecular flexibility index (Phi) is 4.77. The maximum absolute atomic E-state index is 12.9. The quantitative estimate of drug-likeness (QED) is 0.836. The second-order valence-corrected chi connectivity index (χ2v) is 7.40. The van der Waals surface area contributed by atoms with Crippen molar-refractivity contribution in [2.75, 3.05) is 33.3 Å². The molecule has 0 bridgehead atoms. The van der Waals surface area contributed by atoms with Gasteiger partial charge in [0.05, 0.1) is 7.11 Å². The molecule has 22 heavy (non-hydrogen) atoms. The Morgan fingerprint density at radius 3 is 2.23 bits per heavy atom. The van der Waals surface area contributed by atoms with Crippen LogP contribution >= 0.6 is 0 Å². The van der Waals surface area contributed by atoms with E-state index in [0.29, 0.717) is 37.5 Å². The van der Waals surface area contributed by atoms with Gasteiger partial charge in [-0.2, -0.15) is 4.31 Å². The normalized spacial score (nSPS) is 16.6. The van der Waals surface area contributed by atoms with Gasteiger partial charge in [0, 0.05) is 33.1 Å². The summed E-state index contributed by atoms with van der Waals surface area (Å²) in [4.78, 5) is 13.2. The Morgan fingerprint density at radius 2 is 1.73 bits per heavy atom. The largest absolute Gasteiger partial charge is 0.495 e. The van der Waals surface area contributed by atoms with Crippen LogP contribution in [-0.4, -0.2) is 56.8 Å². The fourth-order valence-corrected chi connectivity index (χ4v) is 4.53. The van der Waals surface area contributed by atoms with Crippen LogP contribution in [-0.2, 0) is 14.8 Å². The molecule has 0 aliphatic carbocycles. The van der Waals surface area contributed by atoms with Crippen LogP contribution < -0.4 is 4.74 Å². The fraction of sp³-hybridized carbons (Fsp3) is 0.533. The summed E-state index contributed by atoms with van der Waals surface area (Å²) >= 11 is 0. The molecule has 2 rings (SSSR count). The topological polar surface area (TPSA) is 66.9 Å². The average molecular weight is 326 g/mol. The van der Waals surface area contributed by atoms with Crippen molar-refractivity contribution < 1.29 is 17.9 Å². The molecule has 6 nitrogen and oxygen atoms in total. The van der Waals surface area contributed by atoms with Crippen LogP contribution in [0.25, 0.3) is 0 Å². The van der Waals surface area contributed by atoms with Gasteiger partial charge in [0.2, 0.25) is 15.9 Å². The fourth-order valence-electron chi connectivity index (χ4n) is 2.77. The van der Waals surface area contributed by atoms with Gasteiger partial charge < -0.3 is 9.64 Å². The summed E-state index contributed by atoms with van der Waals surface area (Å²) in [6, 6.07) is 3.56. The summed E-state index contributed by atoms with van der Waals surface area (Å²) in [5, 5.41) is 0. The zero-order valence-electron chi connectivity index (χ0n) is 13.4. The van der Waals surface area contributed by atoms with E-state index >= 15 is 0 Å². The van der Waals surface area contributed by atoms with E-state index in [4.69, 9.17) is 4.74 Å². The summed E-state index contributed by atoms with van der Waals surface area (Å²) in [6.45, 7) is 6.61. The number of ether oxygens (including phenoxy) is 1. The van der Waals surface area contributed by atoms with Gasteiger partial charge in [-0.3, -0.25) is 4.79 Å². The molecule has 1 amide bonds. The molecule has 0 radical (unpaired) electrons. The van der Waals surface area contributed by atoms with E-state index in [2.05, 4.69) is 0 Å². The van der Waals surface area contributed by atoms with E-state index in [1.54, 1.807) is 17.9 Å². The molecule has 1 saturated heterocycles. The molecule has 1 aliphatic rings. The van der Waals surface area contributed by atoms with Crippen molar-refractivity contribution in [3.8, 4) is 5.75 Å². The maximum atomic E-state index is 12.9. The van der Waals surface area contributed by atoms with Gasteiger partial charge in [-0.25, -0.2) is 8.42 Å². The Bertz CT molecular complexity index is 677. The highest BCUT2D eigenvalue weighted by Gasteiger charge is 2.32. The van der Waals surface area contributed by atoms with Gasteiger partial charge in [-0.05, 0) is 31.0 Å². The third-order valence-electron chi connectivity index (χ3n) is 3.89. The molecule has 7 heteroatoms. The number of carbonyl (C=O) groups is 1. The second-order valence-electron chi connectivity index (χ2n) is 5.52. The van der Waals surface area contributed by atoms with Crippen molar-refractivity contribution >= 4 is 15.9 Å². The summed E-state index contributed by atoms with van der Waals surface area (Å²) in [5.41, 5.74) is 1.63. The van der Waals surface area contributed by atoms with E-state index in [1.807, 2.05) is 13.0 Å². The third kappa shape index (κ3) is 3.10. The molecule has 0 saturated carbocycles. The highest BCUT2D eigenvalue weighted by Crippen LogP contribution is 2.31. The van der Waals surface area contributed by atoms with Crippen molar-refractivity contribution in [2.24, 2.45) is 0 Å². The Morgan fingerprint density at radius 1 is 1.14 bits per heavy atom. The number of aryl methyl sites for hydroxylation is 2. The zero-order valence-corrected chi connectivity index (χ0v) is 14.2. The first-order valence-electron chi connectivity index (χ1n) is 7.18. The number of amides is 1. The minimum atomic E-state index is -3.63. The lowest BCUT2D eigenvalue weighted by Gasteiger charge is -2.34. The molecule has 1 aromatic carbocycles.